The first kappa shape index (κ1) is 10.5. The molecule has 2 aromatic carbocycles. The topological polar surface area (TPSA) is 64.9 Å². The number of nitrogens with two attached hydrogens (primary N) is 1. The van der Waals surface area contributed by atoms with Crippen LogP contribution in [0.15, 0.2) is 59.1 Å². The van der Waals surface area contributed by atoms with Crippen molar-refractivity contribution in [3.05, 3.63) is 54.6 Å². The average Bonchev–Trinajstić information content (AvgIpc) is 2.90. The minimum Gasteiger partial charge on any atom is -0.398 e. The van der Waals surface area contributed by atoms with Crippen molar-refractivity contribution in [2.24, 2.45) is 0 Å². The molecule has 3 aromatic rings. The first-order valence-corrected chi connectivity index (χ1v) is 5.58. The molecule has 2 N–H and O–H groups in total. The van der Waals surface area contributed by atoms with E-state index in [1.54, 1.807) is 0 Å². The molecule has 0 aliphatic rings. The van der Waals surface area contributed by atoms with Crippen molar-refractivity contribution in [3.8, 4) is 22.8 Å². The molecule has 0 bridgehead atoms. The number of para-hydroxylation sites is 1. The zero-order valence-corrected chi connectivity index (χ0v) is 9.58. The maximum Gasteiger partial charge on any atom is 0.258 e. The first-order valence-electron chi connectivity index (χ1n) is 5.58. The Morgan fingerprint density at radius 1 is 0.889 bits per heavy atom. The molecular formula is C14H11N3O. The molecule has 1 aromatic heterocycles. The van der Waals surface area contributed by atoms with Gasteiger partial charge in [-0.15, -0.1) is 0 Å². The number of benzene rings is 2. The summed E-state index contributed by atoms with van der Waals surface area (Å²) in [5, 5.41) is 3.96. The molecule has 88 valence electrons. The molecule has 0 saturated carbocycles. The summed E-state index contributed by atoms with van der Waals surface area (Å²) in [5.41, 5.74) is 8.19. The van der Waals surface area contributed by atoms with Crippen molar-refractivity contribution in [2.75, 3.05) is 5.73 Å². The number of rotatable bonds is 2. The van der Waals surface area contributed by atoms with Gasteiger partial charge in [0.15, 0.2) is 0 Å². The highest BCUT2D eigenvalue weighted by atomic mass is 16.5. The highest BCUT2D eigenvalue weighted by Crippen LogP contribution is 2.25. The van der Waals surface area contributed by atoms with Gasteiger partial charge in [0.25, 0.3) is 5.89 Å². The maximum absolute atomic E-state index is 5.88. The van der Waals surface area contributed by atoms with Gasteiger partial charge in [0.05, 0.1) is 0 Å². The summed E-state index contributed by atoms with van der Waals surface area (Å²) in [4.78, 5) is 4.35. The Morgan fingerprint density at radius 3 is 2.39 bits per heavy atom. The Bertz CT molecular complexity index is 662. The number of nitrogens with zero attached hydrogens (tertiary/aromatic N) is 2. The van der Waals surface area contributed by atoms with Crippen molar-refractivity contribution in [1.82, 2.24) is 10.1 Å². The van der Waals surface area contributed by atoms with Gasteiger partial charge >= 0.3 is 0 Å². The van der Waals surface area contributed by atoms with Crippen LogP contribution in [0.5, 0.6) is 0 Å². The highest BCUT2D eigenvalue weighted by molar-refractivity contribution is 5.71. The van der Waals surface area contributed by atoms with Crippen LogP contribution in [0.2, 0.25) is 0 Å². The van der Waals surface area contributed by atoms with Gasteiger partial charge in [0.1, 0.15) is 0 Å². The van der Waals surface area contributed by atoms with Gasteiger partial charge in [-0.25, -0.2) is 0 Å². The standard InChI is InChI=1S/C14H11N3O/c15-12-9-5-4-8-11(12)13-16-14(18-17-13)10-6-2-1-3-7-10/h1-9H,15H2. The predicted octanol–water partition coefficient (Wildman–Crippen LogP) is 2.99. The quantitative estimate of drug-likeness (QED) is 0.696. The molecule has 0 atom stereocenters. The highest BCUT2D eigenvalue weighted by Gasteiger charge is 2.11. The van der Waals surface area contributed by atoms with E-state index in [2.05, 4.69) is 10.1 Å². The Kier molecular flexibility index (Phi) is 2.53. The number of hydrogen-bond donors (Lipinski definition) is 1. The molecule has 0 fully saturated rings. The van der Waals surface area contributed by atoms with Crippen LogP contribution in [0.25, 0.3) is 22.8 Å². The van der Waals surface area contributed by atoms with Gasteiger partial charge in [-0.3, -0.25) is 0 Å². The third-order valence-electron chi connectivity index (χ3n) is 2.65. The monoisotopic (exact) mass is 237 g/mol. The molecule has 0 aliphatic carbocycles. The van der Waals surface area contributed by atoms with Gasteiger partial charge < -0.3 is 10.3 Å². The zero-order valence-electron chi connectivity index (χ0n) is 9.58. The van der Waals surface area contributed by atoms with Crippen molar-refractivity contribution < 1.29 is 4.52 Å². The van der Waals surface area contributed by atoms with Gasteiger partial charge in [0.2, 0.25) is 5.82 Å². The third-order valence-corrected chi connectivity index (χ3v) is 2.65. The van der Waals surface area contributed by atoms with Crippen molar-refractivity contribution in [2.45, 2.75) is 0 Å². The number of aromatic nitrogens is 2. The molecule has 1 heterocycles. The second-order valence-corrected chi connectivity index (χ2v) is 3.88. The molecule has 0 saturated heterocycles. The molecule has 0 radical (unpaired) electrons. The lowest BCUT2D eigenvalue weighted by Gasteiger charge is -1.98. The van der Waals surface area contributed by atoms with E-state index in [0.717, 1.165) is 11.1 Å². The van der Waals surface area contributed by atoms with Crippen molar-refractivity contribution in [3.63, 3.8) is 0 Å². The molecule has 4 nitrogen and oxygen atoms in total. The van der Waals surface area contributed by atoms with E-state index in [9.17, 15) is 0 Å². The fourth-order valence-corrected chi connectivity index (χ4v) is 1.73. The Labute approximate surface area is 104 Å². The summed E-state index contributed by atoms with van der Waals surface area (Å²) >= 11 is 0. The molecule has 4 heteroatoms. The Hall–Kier alpha value is -2.62. The van der Waals surface area contributed by atoms with Gasteiger partial charge in [-0.1, -0.05) is 35.5 Å². The van der Waals surface area contributed by atoms with Crippen LogP contribution in [0.1, 0.15) is 0 Å². The van der Waals surface area contributed by atoms with Gasteiger partial charge in [-0.05, 0) is 24.3 Å². The number of hydrogen-bond acceptors (Lipinski definition) is 4. The Balaban J connectivity index is 2.03. The summed E-state index contributed by atoms with van der Waals surface area (Å²) < 4.78 is 5.24. The lowest BCUT2D eigenvalue weighted by Crippen LogP contribution is -1.90. The van der Waals surface area contributed by atoms with Crippen LogP contribution in [-0.2, 0) is 0 Å². The van der Waals surface area contributed by atoms with Crippen molar-refractivity contribution in [1.29, 1.82) is 0 Å². The first-order chi connectivity index (χ1) is 8.84. The van der Waals surface area contributed by atoms with E-state index in [4.69, 9.17) is 10.3 Å². The third kappa shape index (κ3) is 1.84. The van der Waals surface area contributed by atoms with E-state index >= 15 is 0 Å². The van der Waals surface area contributed by atoms with Gasteiger partial charge in [-0.2, -0.15) is 4.98 Å². The van der Waals surface area contributed by atoms with Crippen LogP contribution in [0.3, 0.4) is 0 Å². The van der Waals surface area contributed by atoms with E-state index in [1.807, 2.05) is 54.6 Å². The fourth-order valence-electron chi connectivity index (χ4n) is 1.73. The molecule has 3 rings (SSSR count). The summed E-state index contributed by atoms with van der Waals surface area (Å²) in [6.07, 6.45) is 0. The van der Waals surface area contributed by atoms with Crippen LogP contribution >= 0.6 is 0 Å². The summed E-state index contributed by atoms with van der Waals surface area (Å²) in [6, 6.07) is 17.1. The largest absolute Gasteiger partial charge is 0.398 e. The molecule has 0 unspecified atom stereocenters. The lowest BCUT2D eigenvalue weighted by atomic mass is 10.2. The molecule has 0 aliphatic heterocycles. The predicted molar refractivity (Wildman–Crippen MR) is 69.6 cm³/mol. The van der Waals surface area contributed by atoms with E-state index < -0.39 is 0 Å². The van der Waals surface area contributed by atoms with Crippen LogP contribution in [-0.4, -0.2) is 10.1 Å². The summed E-state index contributed by atoms with van der Waals surface area (Å²) in [7, 11) is 0. The molecule has 0 amide bonds. The van der Waals surface area contributed by atoms with Crippen LogP contribution in [0.4, 0.5) is 5.69 Å². The summed E-state index contributed by atoms with van der Waals surface area (Å²) in [5.74, 6) is 1.00. The molecular weight excluding hydrogens is 226 g/mol. The second-order valence-electron chi connectivity index (χ2n) is 3.88. The number of anilines is 1. The van der Waals surface area contributed by atoms with Gasteiger partial charge in [0, 0.05) is 16.8 Å². The van der Waals surface area contributed by atoms with E-state index in [0.29, 0.717) is 17.4 Å². The summed E-state index contributed by atoms with van der Waals surface area (Å²) in [6.45, 7) is 0. The van der Waals surface area contributed by atoms with Crippen LogP contribution < -0.4 is 5.73 Å². The minimum absolute atomic E-state index is 0.494. The lowest BCUT2D eigenvalue weighted by molar-refractivity contribution is 0.432. The van der Waals surface area contributed by atoms with E-state index in [1.165, 1.54) is 0 Å². The smallest absolute Gasteiger partial charge is 0.258 e. The zero-order chi connectivity index (χ0) is 12.4. The molecule has 0 spiro atoms. The van der Waals surface area contributed by atoms with E-state index in [-0.39, 0.29) is 0 Å². The fraction of sp³-hybridized carbons (Fsp3) is 0. The molecule has 18 heavy (non-hydrogen) atoms. The van der Waals surface area contributed by atoms with Crippen molar-refractivity contribution >= 4 is 5.69 Å². The Morgan fingerprint density at radius 2 is 1.61 bits per heavy atom. The number of nitrogen functional groups attached to an aromatic ring is 1. The maximum atomic E-state index is 5.88. The SMILES string of the molecule is Nc1ccccc1-c1noc(-c2ccccc2)n1. The minimum atomic E-state index is 0.494. The second kappa shape index (κ2) is 4.33. The normalized spacial score (nSPS) is 10.4. The average molecular weight is 237 g/mol. The van der Waals surface area contributed by atoms with Crippen LogP contribution in [0, 0.1) is 0 Å².